The molecule has 0 aromatic heterocycles. The maximum Gasteiger partial charge on any atom is 0.478 e. The number of carboxylic acid groups (broad SMARTS) is 1. The van der Waals surface area contributed by atoms with Gasteiger partial charge in [-0.2, -0.15) is 0 Å². The maximum atomic E-state index is 12.3. The third-order valence-corrected chi connectivity index (χ3v) is 4.25. The van der Waals surface area contributed by atoms with Crippen LogP contribution in [0, 0.1) is 5.92 Å². The molecule has 8 heteroatoms. The molecule has 5 N–H and O–H groups in total. The number of amides is 1. The fraction of sp³-hybridized carbons (Fsp3) is 0.714. The molecule has 0 bridgehead atoms. The molecule has 2 rings (SSSR count). The number of aliphatic carboxylic acids is 1. The predicted molar refractivity (Wildman–Crippen MR) is 80.7 cm³/mol. The number of carboxylic acids is 1. The Kier molecular flexibility index (Phi) is 5.99. The molecule has 0 saturated heterocycles. The SMILES string of the molecule is N[C@H]1CC[C@@H](C(=O)N[C@H]2CC=C[C@H](CC(=O)O)OB2O)CC1. The highest BCUT2D eigenvalue weighted by Crippen LogP contribution is 2.23. The largest absolute Gasteiger partial charge is 0.481 e. The minimum absolute atomic E-state index is 0.0750. The Morgan fingerprint density at radius 1 is 1.32 bits per heavy atom. The van der Waals surface area contributed by atoms with E-state index in [9.17, 15) is 14.6 Å². The molecule has 0 radical (unpaired) electrons. The second-order valence-corrected chi connectivity index (χ2v) is 6.05. The molecule has 0 aromatic rings. The second kappa shape index (κ2) is 7.76. The number of hydrogen-bond donors (Lipinski definition) is 4. The third-order valence-electron chi connectivity index (χ3n) is 4.25. The first kappa shape index (κ1) is 17.0. The van der Waals surface area contributed by atoms with Gasteiger partial charge in [-0.05, 0) is 32.1 Å². The van der Waals surface area contributed by atoms with E-state index in [0.29, 0.717) is 6.42 Å². The summed E-state index contributed by atoms with van der Waals surface area (Å²) in [5, 5.41) is 21.6. The fourth-order valence-electron chi connectivity index (χ4n) is 2.91. The quantitative estimate of drug-likeness (QED) is 0.422. The van der Waals surface area contributed by atoms with Crippen molar-refractivity contribution in [1.82, 2.24) is 5.32 Å². The van der Waals surface area contributed by atoms with Crippen LogP contribution in [0.4, 0.5) is 0 Å². The van der Waals surface area contributed by atoms with Crippen LogP contribution in [0.25, 0.3) is 0 Å². The van der Waals surface area contributed by atoms with Gasteiger partial charge < -0.3 is 25.8 Å². The molecule has 1 heterocycles. The molecular weight excluding hydrogens is 287 g/mol. The molecular formula is C14H23BN2O5. The van der Waals surface area contributed by atoms with E-state index in [1.165, 1.54) is 0 Å². The van der Waals surface area contributed by atoms with Crippen molar-refractivity contribution in [2.45, 2.75) is 56.6 Å². The van der Waals surface area contributed by atoms with Crippen LogP contribution in [0.5, 0.6) is 0 Å². The monoisotopic (exact) mass is 310 g/mol. The number of carbonyl (C=O) groups excluding carboxylic acids is 1. The average Bonchev–Trinajstić information content (AvgIpc) is 2.61. The van der Waals surface area contributed by atoms with E-state index in [2.05, 4.69) is 5.32 Å². The molecule has 0 aromatic carbocycles. The number of nitrogens with two attached hydrogens (primary N) is 1. The van der Waals surface area contributed by atoms with Crippen molar-refractivity contribution in [3.05, 3.63) is 12.2 Å². The Hall–Kier alpha value is -1.38. The number of carbonyl (C=O) groups is 2. The van der Waals surface area contributed by atoms with Crippen LogP contribution in [0.2, 0.25) is 0 Å². The van der Waals surface area contributed by atoms with Crippen LogP contribution >= 0.6 is 0 Å². The van der Waals surface area contributed by atoms with E-state index in [0.717, 1.165) is 25.7 Å². The summed E-state index contributed by atoms with van der Waals surface area (Å²) in [6.45, 7) is 0. The number of rotatable bonds is 4. The molecule has 0 unspecified atom stereocenters. The maximum absolute atomic E-state index is 12.3. The van der Waals surface area contributed by atoms with Gasteiger partial charge in [0.15, 0.2) is 0 Å². The van der Waals surface area contributed by atoms with Crippen LogP contribution in [0.3, 0.4) is 0 Å². The lowest BCUT2D eigenvalue weighted by Gasteiger charge is -2.27. The number of hydrogen-bond acceptors (Lipinski definition) is 5. The zero-order chi connectivity index (χ0) is 16.1. The summed E-state index contributed by atoms with van der Waals surface area (Å²) in [5.41, 5.74) is 5.83. The average molecular weight is 310 g/mol. The smallest absolute Gasteiger partial charge is 0.478 e. The first-order chi connectivity index (χ1) is 10.5. The van der Waals surface area contributed by atoms with Gasteiger partial charge in [-0.25, -0.2) is 0 Å². The number of nitrogens with one attached hydrogen (secondary N) is 1. The summed E-state index contributed by atoms with van der Waals surface area (Å²) in [7, 11) is -1.21. The van der Waals surface area contributed by atoms with Crippen molar-refractivity contribution in [2.24, 2.45) is 11.7 Å². The third kappa shape index (κ3) is 4.83. The molecule has 1 aliphatic heterocycles. The van der Waals surface area contributed by atoms with E-state index >= 15 is 0 Å². The Balaban J connectivity index is 1.86. The van der Waals surface area contributed by atoms with Crippen molar-refractivity contribution in [3.8, 4) is 0 Å². The van der Waals surface area contributed by atoms with Crippen molar-refractivity contribution < 1.29 is 24.4 Å². The predicted octanol–water partition coefficient (Wildman–Crippen LogP) is -0.172. The highest BCUT2D eigenvalue weighted by Gasteiger charge is 2.34. The Bertz CT molecular complexity index is 437. The van der Waals surface area contributed by atoms with Gasteiger partial charge in [-0.3, -0.25) is 9.59 Å². The van der Waals surface area contributed by atoms with Gasteiger partial charge in [0.2, 0.25) is 5.91 Å². The summed E-state index contributed by atoms with van der Waals surface area (Å²) >= 11 is 0. The Morgan fingerprint density at radius 3 is 2.64 bits per heavy atom. The molecule has 1 aliphatic carbocycles. The van der Waals surface area contributed by atoms with Crippen LogP contribution < -0.4 is 11.1 Å². The highest BCUT2D eigenvalue weighted by atomic mass is 16.5. The van der Waals surface area contributed by atoms with Gasteiger partial charge in [-0.15, -0.1) is 0 Å². The first-order valence-corrected chi connectivity index (χ1v) is 7.73. The lowest BCUT2D eigenvalue weighted by Crippen LogP contribution is -2.50. The van der Waals surface area contributed by atoms with Gasteiger partial charge in [0.05, 0.1) is 18.5 Å². The lowest BCUT2D eigenvalue weighted by molar-refractivity contribution is -0.138. The van der Waals surface area contributed by atoms with E-state index < -0.39 is 25.1 Å². The van der Waals surface area contributed by atoms with Crippen LogP contribution in [-0.2, 0) is 14.2 Å². The van der Waals surface area contributed by atoms with Crippen LogP contribution in [0.15, 0.2) is 12.2 Å². The highest BCUT2D eigenvalue weighted by molar-refractivity contribution is 6.45. The standard InChI is InChI=1S/C14H23BN2O5/c16-10-6-4-9(5-7-10)14(20)17-12-3-1-2-11(8-13(18)19)22-15(12)21/h1-2,9-12,21H,3-8,16H2,(H,17,20)(H,18,19)/t9-,10+,11-,12+/m1/s1. The van der Waals surface area contributed by atoms with Gasteiger partial charge in [0, 0.05) is 12.0 Å². The molecule has 1 amide bonds. The second-order valence-electron chi connectivity index (χ2n) is 6.05. The van der Waals surface area contributed by atoms with Crippen LogP contribution in [-0.4, -0.2) is 47.2 Å². The van der Waals surface area contributed by atoms with Crippen molar-refractivity contribution in [1.29, 1.82) is 0 Å². The summed E-state index contributed by atoms with van der Waals surface area (Å²) in [6, 6.07) is 0.176. The molecule has 1 saturated carbocycles. The van der Waals surface area contributed by atoms with Gasteiger partial charge in [0.1, 0.15) is 0 Å². The fourth-order valence-corrected chi connectivity index (χ4v) is 2.91. The summed E-state index contributed by atoms with van der Waals surface area (Å²) in [4.78, 5) is 23.0. The van der Waals surface area contributed by atoms with Crippen LogP contribution in [0.1, 0.15) is 38.5 Å². The van der Waals surface area contributed by atoms with Gasteiger partial charge in [0.25, 0.3) is 0 Å². The first-order valence-electron chi connectivity index (χ1n) is 7.73. The minimum Gasteiger partial charge on any atom is -0.481 e. The van der Waals surface area contributed by atoms with Crippen molar-refractivity contribution in [3.63, 3.8) is 0 Å². The summed E-state index contributed by atoms with van der Waals surface area (Å²) < 4.78 is 5.29. The summed E-state index contributed by atoms with van der Waals surface area (Å²) in [6.07, 6.45) is 6.06. The van der Waals surface area contributed by atoms with E-state index in [1.807, 2.05) is 0 Å². The summed E-state index contributed by atoms with van der Waals surface area (Å²) in [5.74, 6) is -1.72. The van der Waals surface area contributed by atoms with E-state index in [1.54, 1.807) is 12.2 Å². The van der Waals surface area contributed by atoms with Crippen molar-refractivity contribution in [2.75, 3.05) is 0 Å². The molecule has 1 fully saturated rings. The topological polar surface area (TPSA) is 122 Å². The molecule has 0 spiro atoms. The van der Waals surface area contributed by atoms with E-state index in [4.69, 9.17) is 15.5 Å². The Labute approximate surface area is 130 Å². The lowest BCUT2D eigenvalue weighted by atomic mass is 9.76. The molecule has 2 atom stereocenters. The normalized spacial score (nSPS) is 32.4. The van der Waals surface area contributed by atoms with Gasteiger partial charge in [-0.1, -0.05) is 12.2 Å². The molecule has 7 nitrogen and oxygen atoms in total. The van der Waals surface area contributed by atoms with Gasteiger partial charge >= 0.3 is 13.1 Å². The Morgan fingerprint density at radius 2 is 2.00 bits per heavy atom. The van der Waals surface area contributed by atoms with E-state index in [-0.39, 0.29) is 24.3 Å². The zero-order valence-electron chi connectivity index (χ0n) is 12.5. The molecule has 22 heavy (non-hydrogen) atoms. The molecule has 2 aliphatic rings. The van der Waals surface area contributed by atoms with Crippen molar-refractivity contribution >= 4 is 19.0 Å². The minimum atomic E-state index is -1.21. The molecule has 122 valence electrons. The zero-order valence-corrected chi connectivity index (χ0v) is 12.5.